The van der Waals surface area contributed by atoms with Crippen molar-refractivity contribution in [2.45, 2.75) is 0 Å². The van der Waals surface area contributed by atoms with Crippen LogP contribution >= 0.6 is 0 Å². The van der Waals surface area contributed by atoms with Crippen LogP contribution in [0.1, 0.15) is 10.4 Å². The molecule has 0 atom stereocenters. The minimum Gasteiger partial charge on any atom is -0.504 e. The molecule has 1 amide bonds. The van der Waals surface area contributed by atoms with Gasteiger partial charge in [-0.25, -0.2) is 0 Å². The number of hydrogen-bond acceptors (Lipinski definition) is 5. The molecule has 1 rings (SSSR count). The largest absolute Gasteiger partial charge is 0.504 e. The van der Waals surface area contributed by atoms with Crippen molar-refractivity contribution in [1.29, 1.82) is 0 Å². The lowest BCUT2D eigenvalue weighted by molar-refractivity contribution is 0.0838. The van der Waals surface area contributed by atoms with E-state index in [4.69, 9.17) is 14.6 Å². The number of phenolic OH excluding ortho intramolecular Hbond substituents is 1. The van der Waals surface area contributed by atoms with Crippen molar-refractivity contribution >= 4 is 5.91 Å². The van der Waals surface area contributed by atoms with Gasteiger partial charge < -0.3 is 25.0 Å². The maximum atomic E-state index is 11.7. The fourth-order valence-corrected chi connectivity index (χ4v) is 1.32. The summed E-state index contributed by atoms with van der Waals surface area (Å²) in [6.45, 7) is 0.898. The maximum Gasteiger partial charge on any atom is 0.251 e. The number of carbonyl (C=O) groups excluding carboxylic acids is 1. The van der Waals surface area contributed by atoms with Crippen LogP contribution in [0, 0.1) is 0 Å². The molecule has 0 bridgehead atoms. The van der Waals surface area contributed by atoms with E-state index in [1.165, 1.54) is 25.3 Å². The van der Waals surface area contributed by atoms with Gasteiger partial charge in [-0.3, -0.25) is 4.79 Å². The molecule has 0 fully saturated rings. The Kier molecular flexibility index (Phi) is 5.96. The van der Waals surface area contributed by atoms with Gasteiger partial charge in [0.25, 0.3) is 5.91 Å². The zero-order valence-corrected chi connectivity index (χ0v) is 10.2. The van der Waals surface area contributed by atoms with E-state index in [0.29, 0.717) is 18.7 Å². The Bertz CT molecular complexity index is 394. The summed E-state index contributed by atoms with van der Waals surface area (Å²) in [5, 5.41) is 20.5. The highest BCUT2D eigenvalue weighted by Gasteiger charge is 2.08. The molecule has 3 N–H and O–H groups in total. The highest BCUT2D eigenvalue weighted by atomic mass is 16.5. The molecule has 1 aromatic carbocycles. The minimum atomic E-state index is -0.277. The van der Waals surface area contributed by atoms with Gasteiger partial charge >= 0.3 is 0 Å². The second kappa shape index (κ2) is 7.52. The van der Waals surface area contributed by atoms with Gasteiger partial charge in [0.05, 0.1) is 26.9 Å². The van der Waals surface area contributed by atoms with Gasteiger partial charge in [0.1, 0.15) is 0 Å². The summed E-state index contributed by atoms with van der Waals surface area (Å²) in [6.07, 6.45) is 0. The van der Waals surface area contributed by atoms with Crippen LogP contribution in [0.2, 0.25) is 0 Å². The van der Waals surface area contributed by atoms with E-state index in [1.807, 2.05) is 0 Å². The highest BCUT2D eigenvalue weighted by molar-refractivity contribution is 5.94. The molecule has 0 spiro atoms. The van der Waals surface area contributed by atoms with E-state index in [-0.39, 0.29) is 30.6 Å². The highest BCUT2D eigenvalue weighted by Crippen LogP contribution is 2.26. The number of nitrogens with one attached hydrogen (secondary N) is 1. The number of carbonyl (C=O) groups is 1. The number of hydrogen-bond donors (Lipinski definition) is 3. The van der Waals surface area contributed by atoms with E-state index in [2.05, 4.69) is 5.32 Å². The molecule has 0 radical (unpaired) electrons. The van der Waals surface area contributed by atoms with Gasteiger partial charge in [0.2, 0.25) is 0 Å². The van der Waals surface area contributed by atoms with Crippen LogP contribution in [-0.4, -0.2) is 49.6 Å². The Morgan fingerprint density at radius 2 is 2.17 bits per heavy atom. The standard InChI is InChI=1S/C12H17NO5/c1-17-11-8-9(2-3-10(11)15)12(16)13-4-6-18-7-5-14/h2-3,8,14-15H,4-7H2,1H3,(H,13,16). The van der Waals surface area contributed by atoms with Crippen molar-refractivity contribution in [3.05, 3.63) is 23.8 Å². The average Bonchev–Trinajstić information content (AvgIpc) is 2.38. The van der Waals surface area contributed by atoms with Gasteiger partial charge in [-0.15, -0.1) is 0 Å². The number of aromatic hydroxyl groups is 1. The van der Waals surface area contributed by atoms with Crippen molar-refractivity contribution in [3.8, 4) is 11.5 Å². The summed E-state index contributed by atoms with van der Waals surface area (Å²) in [7, 11) is 1.42. The van der Waals surface area contributed by atoms with Crippen molar-refractivity contribution in [3.63, 3.8) is 0 Å². The van der Waals surface area contributed by atoms with Crippen molar-refractivity contribution < 1.29 is 24.5 Å². The Balaban J connectivity index is 2.46. The summed E-state index contributed by atoms with van der Waals surface area (Å²) in [5.41, 5.74) is 0.395. The van der Waals surface area contributed by atoms with Crippen LogP contribution in [-0.2, 0) is 4.74 Å². The summed E-state index contributed by atoms with van der Waals surface area (Å²) in [4.78, 5) is 11.7. The number of rotatable bonds is 7. The minimum absolute atomic E-state index is 0.0136. The van der Waals surface area contributed by atoms with Crippen molar-refractivity contribution in [2.24, 2.45) is 0 Å². The van der Waals surface area contributed by atoms with Crippen LogP contribution < -0.4 is 10.1 Å². The molecule has 6 heteroatoms. The number of benzene rings is 1. The summed E-state index contributed by atoms with van der Waals surface area (Å²) in [6, 6.07) is 4.36. The molecule has 6 nitrogen and oxygen atoms in total. The molecule has 0 aliphatic heterocycles. The second-order valence-corrected chi connectivity index (χ2v) is 3.48. The quantitative estimate of drug-likeness (QED) is 0.603. The first kappa shape index (κ1) is 14.3. The topological polar surface area (TPSA) is 88.0 Å². The third kappa shape index (κ3) is 4.23. The van der Waals surface area contributed by atoms with E-state index in [0.717, 1.165) is 0 Å². The smallest absolute Gasteiger partial charge is 0.251 e. The lowest BCUT2D eigenvalue weighted by Crippen LogP contribution is -2.27. The predicted octanol–water partition coefficient (Wildman–Crippen LogP) is 0.139. The molecule has 100 valence electrons. The fraction of sp³-hybridized carbons (Fsp3) is 0.417. The average molecular weight is 255 g/mol. The zero-order valence-electron chi connectivity index (χ0n) is 10.2. The van der Waals surface area contributed by atoms with Crippen LogP contribution in [0.15, 0.2) is 18.2 Å². The number of aliphatic hydroxyl groups is 1. The zero-order chi connectivity index (χ0) is 13.4. The van der Waals surface area contributed by atoms with E-state index in [9.17, 15) is 9.90 Å². The molecule has 0 saturated heterocycles. The van der Waals surface area contributed by atoms with Gasteiger partial charge in [-0.05, 0) is 18.2 Å². The van der Waals surface area contributed by atoms with Crippen molar-refractivity contribution in [1.82, 2.24) is 5.32 Å². The lowest BCUT2D eigenvalue weighted by atomic mass is 10.2. The van der Waals surface area contributed by atoms with Crippen LogP contribution in [0.5, 0.6) is 11.5 Å². The Hall–Kier alpha value is -1.79. The number of methoxy groups -OCH3 is 1. The fourth-order valence-electron chi connectivity index (χ4n) is 1.32. The Labute approximate surface area is 105 Å². The molecule has 0 aliphatic rings. The Morgan fingerprint density at radius 1 is 1.39 bits per heavy atom. The second-order valence-electron chi connectivity index (χ2n) is 3.48. The number of phenols is 1. The van der Waals surface area contributed by atoms with E-state index in [1.54, 1.807) is 0 Å². The first-order valence-electron chi connectivity index (χ1n) is 5.53. The molecular formula is C12H17NO5. The summed E-state index contributed by atoms with van der Waals surface area (Å²) in [5.74, 6) is -0.0413. The van der Waals surface area contributed by atoms with Gasteiger partial charge in [0, 0.05) is 12.1 Å². The summed E-state index contributed by atoms with van der Waals surface area (Å²) < 4.78 is 9.91. The first-order chi connectivity index (χ1) is 8.69. The van der Waals surface area contributed by atoms with Crippen LogP contribution in [0.25, 0.3) is 0 Å². The maximum absolute atomic E-state index is 11.7. The molecule has 18 heavy (non-hydrogen) atoms. The monoisotopic (exact) mass is 255 g/mol. The molecular weight excluding hydrogens is 238 g/mol. The lowest BCUT2D eigenvalue weighted by Gasteiger charge is -2.08. The van der Waals surface area contributed by atoms with Gasteiger partial charge in [-0.1, -0.05) is 0 Å². The molecule has 0 aliphatic carbocycles. The third-order valence-corrected chi connectivity index (χ3v) is 2.21. The van der Waals surface area contributed by atoms with E-state index < -0.39 is 0 Å². The molecule has 0 heterocycles. The molecule has 0 unspecified atom stereocenters. The first-order valence-corrected chi connectivity index (χ1v) is 5.53. The normalized spacial score (nSPS) is 10.1. The van der Waals surface area contributed by atoms with Crippen molar-refractivity contribution in [2.75, 3.05) is 33.5 Å². The van der Waals surface area contributed by atoms with Crippen LogP contribution in [0.3, 0.4) is 0 Å². The van der Waals surface area contributed by atoms with Gasteiger partial charge in [-0.2, -0.15) is 0 Å². The number of aliphatic hydroxyl groups excluding tert-OH is 1. The van der Waals surface area contributed by atoms with E-state index >= 15 is 0 Å². The number of amides is 1. The van der Waals surface area contributed by atoms with Crippen LogP contribution in [0.4, 0.5) is 0 Å². The molecule has 0 saturated carbocycles. The number of ether oxygens (including phenoxy) is 2. The Morgan fingerprint density at radius 3 is 2.83 bits per heavy atom. The molecule has 0 aromatic heterocycles. The SMILES string of the molecule is COc1cc(C(=O)NCCOCCO)ccc1O. The summed E-state index contributed by atoms with van der Waals surface area (Å²) >= 11 is 0. The van der Waals surface area contributed by atoms with Gasteiger partial charge in [0.15, 0.2) is 11.5 Å². The molecule has 1 aromatic rings. The predicted molar refractivity (Wildman–Crippen MR) is 64.9 cm³/mol. The third-order valence-electron chi connectivity index (χ3n) is 2.21.